The Bertz CT molecular complexity index is 1090. The van der Waals surface area contributed by atoms with E-state index >= 15 is 0 Å². The van der Waals surface area contributed by atoms with E-state index in [1.165, 1.54) is 17.1 Å². The van der Waals surface area contributed by atoms with Gasteiger partial charge in [-0.05, 0) is 42.7 Å². The molecule has 0 saturated heterocycles. The summed E-state index contributed by atoms with van der Waals surface area (Å²) in [6.07, 6.45) is 3.80. The molecule has 0 atom stereocenters. The molecule has 2 aromatic rings. The molecule has 1 heterocycles. The van der Waals surface area contributed by atoms with Gasteiger partial charge in [0.25, 0.3) is 5.91 Å². The molecule has 2 amide bonds. The Kier molecular flexibility index (Phi) is 6.18. The Labute approximate surface area is 182 Å². The Hall–Kier alpha value is -3.00. The number of anilines is 1. The Morgan fingerprint density at radius 3 is 2.35 bits per heavy atom. The zero-order valence-corrected chi connectivity index (χ0v) is 18.0. The maximum Gasteiger partial charge on any atom is 0.271 e. The average molecular weight is 440 g/mol. The highest BCUT2D eigenvalue weighted by atomic mass is 32.2. The number of benzene rings is 2. The van der Waals surface area contributed by atoms with Crippen LogP contribution < -0.4 is 5.32 Å². The van der Waals surface area contributed by atoms with Gasteiger partial charge < -0.3 is 5.32 Å². The number of hydrazone groups is 1. The van der Waals surface area contributed by atoms with E-state index in [2.05, 4.69) is 10.4 Å². The van der Waals surface area contributed by atoms with Crippen LogP contribution in [0, 0.1) is 0 Å². The second-order valence-electron chi connectivity index (χ2n) is 7.91. The molecule has 2 aromatic carbocycles. The highest BCUT2D eigenvalue weighted by Gasteiger charge is 2.30. The van der Waals surface area contributed by atoms with Gasteiger partial charge in [-0.3, -0.25) is 9.59 Å². The first kappa shape index (κ1) is 21.2. The van der Waals surface area contributed by atoms with Crippen LogP contribution in [0.2, 0.25) is 0 Å². The molecular weight excluding hydrogens is 414 g/mol. The van der Waals surface area contributed by atoms with E-state index in [9.17, 15) is 18.0 Å². The third-order valence-electron chi connectivity index (χ3n) is 5.72. The fraction of sp³-hybridized carbons (Fsp3) is 0.348. The maximum absolute atomic E-state index is 12.7. The first-order valence-electron chi connectivity index (χ1n) is 10.5. The SMILES string of the molecule is O=C(Nc1ccc(S(=O)(=O)C2CCCC2)cc1)C1=NN(Cc2ccccc2)C(=O)CC1. The van der Waals surface area contributed by atoms with E-state index in [4.69, 9.17) is 0 Å². The quantitative estimate of drug-likeness (QED) is 0.745. The van der Waals surface area contributed by atoms with Crippen molar-refractivity contribution in [2.45, 2.75) is 55.2 Å². The number of rotatable bonds is 6. The molecule has 1 aliphatic heterocycles. The lowest BCUT2D eigenvalue weighted by Gasteiger charge is -2.23. The van der Waals surface area contributed by atoms with Crippen LogP contribution in [-0.4, -0.2) is 36.2 Å². The molecule has 0 aromatic heterocycles. The van der Waals surface area contributed by atoms with E-state index in [0.29, 0.717) is 25.1 Å². The molecule has 31 heavy (non-hydrogen) atoms. The minimum Gasteiger partial charge on any atom is -0.321 e. The maximum atomic E-state index is 12.7. The summed E-state index contributed by atoms with van der Waals surface area (Å²) in [5, 5.41) is 8.03. The molecular formula is C23H25N3O4S. The average Bonchev–Trinajstić information content (AvgIpc) is 3.32. The molecule has 8 heteroatoms. The van der Waals surface area contributed by atoms with Crippen LogP contribution in [0.25, 0.3) is 0 Å². The van der Waals surface area contributed by atoms with Crippen molar-refractivity contribution < 1.29 is 18.0 Å². The van der Waals surface area contributed by atoms with Gasteiger partial charge >= 0.3 is 0 Å². The van der Waals surface area contributed by atoms with E-state index in [0.717, 1.165) is 18.4 Å². The van der Waals surface area contributed by atoms with Crippen molar-refractivity contribution in [2.75, 3.05) is 5.32 Å². The highest BCUT2D eigenvalue weighted by molar-refractivity contribution is 7.92. The Morgan fingerprint density at radius 2 is 1.68 bits per heavy atom. The molecule has 1 fully saturated rings. The third-order valence-corrected chi connectivity index (χ3v) is 8.00. The fourth-order valence-electron chi connectivity index (χ4n) is 3.97. The number of amides is 2. The van der Waals surface area contributed by atoms with Gasteiger partial charge in [-0.2, -0.15) is 5.10 Å². The zero-order chi connectivity index (χ0) is 21.8. The second kappa shape index (κ2) is 9.01. The van der Waals surface area contributed by atoms with Crippen molar-refractivity contribution in [3.8, 4) is 0 Å². The monoisotopic (exact) mass is 439 g/mol. The molecule has 1 N–H and O–H groups in total. The topological polar surface area (TPSA) is 95.9 Å². The summed E-state index contributed by atoms with van der Waals surface area (Å²) in [5.74, 6) is -0.515. The van der Waals surface area contributed by atoms with Crippen LogP contribution in [0.15, 0.2) is 64.6 Å². The molecule has 1 saturated carbocycles. The van der Waals surface area contributed by atoms with E-state index < -0.39 is 15.7 Å². The largest absolute Gasteiger partial charge is 0.321 e. The minimum absolute atomic E-state index is 0.123. The van der Waals surface area contributed by atoms with Crippen LogP contribution in [0.3, 0.4) is 0 Å². The van der Waals surface area contributed by atoms with Crippen LogP contribution in [-0.2, 0) is 26.0 Å². The van der Waals surface area contributed by atoms with Crippen LogP contribution in [0.1, 0.15) is 44.1 Å². The Balaban J connectivity index is 1.43. The van der Waals surface area contributed by atoms with Gasteiger partial charge in [0.2, 0.25) is 5.91 Å². The molecule has 0 spiro atoms. The number of sulfone groups is 1. The van der Waals surface area contributed by atoms with E-state index in [1.807, 2.05) is 30.3 Å². The zero-order valence-electron chi connectivity index (χ0n) is 17.2. The second-order valence-corrected chi connectivity index (χ2v) is 10.1. The number of carbonyl (C=O) groups is 2. The van der Waals surface area contributed by atoms with Crippen molar-refractivity contribution >= 4 is 33.1 Å². The summed E-state index contributed by atoms with van der Waals surface area (Å²) in [4.78, 5) is 25.1. The molecule has 1 aliphatic carbocycles. The summed E-state index contributed by atoms with van der Waals surface area (Å²) in [5.41, 5.74) is 1.70. The van der Waals surface area contributed by atoms with E-state index in [-0.39, 0.29) is 34.6 Å². The number of nitrogens with zero attached hydrogens (tertiary/aromatic N) is 2. The van der Waals surface area contributed by atoms with Gasteiger partial charge in [-0.1, -0.05) is 43.2 Å². The molecule has 2 aliphatic rings. The summed E-state index contributed by atoms with van der Waals surface area (Å²) in [7, 11) is -3.33. The van der Waals surface area contributed by atoms with Crippen molar-refractivity contribution in [3.05, 3.63) is 60.2 Å². The first-order valence-corrected chi connectivity index (χ1v) is 12.1. The summed E-state index contributed by atoms with van der Waals surface area (Å²) >= 11 is 0. The lowest BCUT2D eigenvalue weighted by atomic mass is 10.1. The molecule has 4 rings (SSSR count). The van der Waals surface area contributed by atoms with Gasteiger partial charge in [-0.25, -0.2) is 13.4 Å². The fourth-order valence-corrected chi connectivity index (χ4v) is 5.82. The molecule has 0 bridgehead atoms. The lowest BCUT2D eigenvalue weighted by molar-refractivity contribution is -0.132. The minimum atomic E-state index is -3.33. The van der Waals surface area contributed by atoms with Crippen LogP contribution >= 0.6 is 0 Å². The van der Waals surface area contributed by atoms with E-state index in [1.54, 1.807) is 12.1 Å². The number of hydrogen-bond acceptors (Lipinski definition) is 5. The molecule has 162 valence electrons. The standard InChI is InChI=1S/C23H25N3O4S/c27-22-15-14-21(25-26(22)16-17-6-2-1-3-7-17)23(28)24-18-10-12-20(13-11-18)31(29,30)19-8-4-5-9-19/h1-3,6-7,10-13,19H,4-5,8-9,14-16H2,(H,24,28). The van der Waals surface area contributed by atoms with Crippen LogP contribution in [0.4, 0.5) is 5.69 Å². The van der Waals surface area contributed by atoms with Gasteiger partial charge in [0.1, 0.15) is 5.71 Å². The van der Waals surface area contributed by atoms with Gasteiger partial charge in [0.15, 0.2) is 9.84 Å². The Morgan fingerprint density at radius 1 is 1.00 bits per heavy atom. The molecule has 0 radical (unpaired) electrons. The predicted molar refractivity (Wildman–Crippen MR) is 118 cm³/mol. The lowest BCUT2D eigenvalue weighted by Crippen LogP contribution is -2.36. The third kappa shape index (κ3) is 4.85. The van der Waals surface area contributed by atoms with Crippen molar-refractivity contribution in [1.82, 2.24) is 5.01 Å². The number of hydrogen-bond donors (Lipinski definition) is 1. The summed E-state index contributed by atoms with van der Waals surface area (Å²) in [6.45, 7) is 0.310. The number of nitrogens with one attached hydrogen (secondary N) is 1. The summed E-state index contributed by atoms with van der Waals surface area (Å²) in [6, 6.07) is 15.7. The number of carbonyl (C=O) groups excluding carboxylic acids is 2. The molecule has 0 unspecified atom stereocenters. The predicted octanol–water partition coefficient (Wildman–Crippen LogP) is 3.52. The molecule has 7 nitrogen and oxygen atoms in total. The van der Waals surface area contributed by atoms with Crippen LogP contribution in [0.5, 0.6) is 0 Å². The van der Waals surface area contributed by atoms with Crippen molar-refractivity contribution in [2.24, 2.45) is 5.10 Å². The van der Waals surface area contributed by atoms with Gasteiger partial charge in [0, 0.05) is 18.5 Å². The van der Waals surface area contributed by atoms with Gasteiger partial charge in [0.05, 0.1) is 16.7 Å². The highest BCUT2D eigenvalue weighted by Crippen LogP contribution is 2.30. The smallest absolute Gasteiger partial charge is 0.271 e. The normalized spacial score (nSPS) is 17.5. The first-order chi connectivity index (χ1) is 14.9. The van der Waals surface area contributed by atoms with Gasteiger partial charge in [-0.15, -0.1) is 0 Å². The van der Waals surface area contributed by atoms with Crippen molar-refractivity contribution in [3.63, 3.8) is 0 Å². The summed E-state index contributed by atoms with van der Waals surface area (Å²) < 4.78 is 25.4. The van der Waals surface area contributed by atoms with Crippen molar-refractivity contribution in [1.29, 1.82) is 0 Å².